The molecule has 0 bridgehead atoms. The van der Waals surface area contributed by atoms with Crippen molar-refractivity contribution in [2.24, 2.45) is 5.73 Å². The largest absolute Gasteiger partial charge is 0.487 e. The first-order chi connectivity index (χ1) is 8.43. The van der Waals surface area contributed by atoms with Gasteiger partial charge in [-0.2, -0.15) is 0 Å². The second kappa shape index (κ2) is 5.90. The number of hydrogen-bond donors (Lipinski definition) is 2. The van der Waals surface area contributed by atoms with Crippen LogP contribution >= 0.6 is 0 Å². The van der Waals surface area contributed by atoms with Crippen molar-refractivity contribution in [3.8, 4) is 11.5 Å². The second-order valence-electron chi connectivity index (χ2n) is 3.83. The van der Waals surface area contributed by atoms with Gasteiger partial charge in [-0.1, -0.05) is 0 Å². The fourth-order valence-electron chi connectivity index (χ4n) is 1.24. The number of nitrogens with two attached hydrogens (primary N) is 1. The molecule has 0 saturated heterocycles. The summed E-state index contributed by atoms with van der Waals surface area (Å²) < 4.78 is 10.5. The summed E-state index contributed by atoms with van der Waals surface area (Å²) in [6.07, 6.45) is -0.740. The van der Waals surface area contributed by atoms with E-state index >= 15 is 0 Å². The third kappa shape index (κ3) is 3.65. The zero-order valence-corrected chi connectivity index (χ0v) is 10.5. The van der Waals surface area contributed by atoms with E-state index in [0.717, 1.165) is 0 Å². The molecule has 0 radical (unpaired) electrons. The number of carbonyl (C=O) groups is 2. The van der Waals surface area contributed by atoms with Gasteiger partial charge in [-0.3, -0.25) is 4.79 Å². The van der Waals surface area contributed by atoms with Gasteiger partial charge in [0.1, 0.15) is 0 Å². The van der Waals surface area contributed by atoms with Crippen LogP contribution in [0.5, 0.6) is 11.5 Å². The van der Waals surface area contributed by atoms with Crippen molar-refractivity contribution < 1.29 is 19.1 Å². The molecule has 0 heterocycles. The maximum absolute atomic E-state index is 11.2. The van der Waals surface area contributed by atoms with Gasteiger partial charge in [0.05, 0.1) is 6.10 Å². The molecule has 0 aliphatic carbocycles. The standard InChI is InChI=1S/C12H16N2O4/c1-7(2)17-10-6-8(11(13)15)4-5-9(10)18-12(16)14-3/h4-7H,1-3H3,(H2,13,15)(H,14,16). The van der Waals surface area contributed by atoms with E-state index in [0.29, 0.717) is 5.75 Å². The lowest BCUT2D eigenvalue weighted by molar-refractivity contribution is 0.0999. The third-order valence-corrected chi connectivity index (χ3v) is 2.00. The van der Waals surface area contributed by atoms with Crippen molar-refractivity contribution in [1.29, 1.82) is 0 Å². The zero-order valence-electron chi connectivity index (χ0n) is 10.5. The number of ether oxygens (including phenoxy) is 2. The molecule has 0 fully saturated rings. The van der Waals surface area contributed by atoms with E-state index in [1.54, 1.807) is 0 Å². The number of rotatable bonds is 4. The molecule has 0 spiro atoms. The highest BCUT2D eigenvalue weighted by atomic mass is 16.6. The van der Waals surface area contributed by atoms with E-state index in [4.69, 9.17) is 15.2 Å². The van der Waals surface area contributed by atoms with Gasteiger partial charge in [0, 0.05) is 12.6 Å². The predicted octanol–water partition coefficient (Wildman–Crippen LogP) is 1.29. The van der Waals surface area contributed by atoms with E-state index in [2.05, 4.69) is 5.32 Å². The fourth-order valence-corrected chi connectivity index (χ4v) is 1.24. The maximum Gasteiger partial charge on any atom is 0.412 e. The van der Waals surface area contributed by atoms with E-state index < -0.39 is 12.0 Å². The molecule has 0 atom stereocenters. The Morgan fingerprint density at radius 2 is 1.94 bits per heavy atom. The minimum Gasteiger partial charge on any atom is -0.487 e. The lowest BCUT2D eigenvalue weighted by atomic mass is 10.2. The van der Waals surface area contributed by atoms with E-state index in [-0.39, 0.29) is 17.4 Å². The molecule has 6 nitrogen and oxygen atoms in total. The van der Waals surface area contributed by atoms with Crippen LogP contribution in [0.2, 0.25) is 0 Å². The molecular formula is C12H16N2O4. The number of hydrogen-bond acceptors (Lipinski definition) is 4. The maximum atomic E-state index is 11.2. The Labute approximate surface area is 105 Å². The van der Waals surface area contributed by atoms with Gasteiger partial charge in [0.25, 0.3) is 0 Å². The van der Waals surface area contributed by atoms with Crippen molar-refractivity contribution >= 4 is 12.0 Å². The molecule has 0 aromatic heterocycles. The van der Waals surface area contributed by atoms with Crippen LogP contribution in [0.4, 0.5) is 4.79 Å². The Hall–Kier alpha value is -2.24. The number of nitrogens with one attached hydrogen (secondary N) is 1. The minimum atomic E-state index is -0.615. The van der Waals surface area contributed by atoms with Gasteiger partial charge in [0.15, 0.2) is 11.5 Å². The lowest BCUT2D eigenvalue weighted by Gasteiger charge is -2.14. The summed E-state index contributed by atoms with van der Waals surface area (Å²) in [4.78, 5) is 22.2. The number of carbonyl (C=O) groups excluding carboxylic acids is 2. The highest BCUT2D eigenvalue weighted by molar-refractivity contribution is 5.93. The molecule has 0 aliphatic rings. The molecule has 0 saturated carbocycles. The van der Waals surface area contributed by atoms with Crippen LogP contribution in [0.1, 0.15) is 24.2 Å². The average molecular weight is 252 g/mol. The Morgan fingerprint density at radius 1 is 1.28 bits per heavy atom. The lowest BCUT2D eigenvalue weighted by Crippen LogP contribution is -2.23. The van der Waals surface area contributed by atoms with Gasteiger partial charge >= 0.3 is 6.09 Å². The fraction of sp³-hybridized carbons (Fsp3) is 0.333. The van der Waals surface area contributed by atoms with E-state index in [1.165, 1.54) is 25.2 Å². The van der Waals surface area contributed by atoms with Crippen LogP contribution in [0, 0.1) is 0 Å². The van der Waals surface area contributed by atoms with E-state index in [9.17, 15) is 9.59 Å². The minimum absolute atomic E-state index is 0.125. The Morgan fingerprint density at radius 3 is 2.44 bits per heavy atom. The van der Waals surface area contributed by atoms with Crippen molar-refractivity contribution in [3.05, 3.63) is 23.8 Å². The summed E-state index contributed by atoms with van der Waals surface area (Å²) >= 11 is 0. The normalized spacial score (nSPS) is 10.0. The average Bonchev–Trinajstić information content (AvgIpc) is 2.30. The molecule has 2 amide bonds. The first-order valence-corrected chi connectivity index (χ1v) is 5.44. The van der Waals surface area contributed by atoms with Crippen LogP contribution in [-0.4, -0.2) is 25.2 Å². The van der Waals surface area contributed by atoms with Gasteiger partial charge in [-0.05, 0) is 32.0 Å². The highest BCUT2D eigenvalue weighted by Crippen LogP contribution is 2.29. The summed E-state index contributed by atoms with van der Waals surface area (Å²) in [5, 5.41) is 2.32. The van der Waals surface area contributed by atoms with Gasteiger partial charge in [0.2, 0.25) is 5.91 Å². The predicted molar refractivity (Wildman–Crippen MR) is 65.8 cm³/mol. The first-order valence-electron chi connectivity index (χ1n) is 5.44. The zero-order chi connectivity index (χ0) is 13.7. The van der Waals surface area contributed by atoms with Gasteiger partial charge in [-0.25, -0.2) is 4.79 Å². The molecule has 1 aromatic carbocycles. The van der Waals surface area contributed by atoms with Crippen LogP contribution in [0.15, 0.2) is 18.2 Å². The molecular weight excluding hydrogens is 236 g/mol. The van der Waals surface area contributed by atoms with Crippen LogP contribution in [-0.2, 0) is 0 Å². The Bertz CT molecular complexity index is 457. The summed E-state index contributed by atoms with van der Waals surface area (Å²) in [5.41, 5.74) is 5.46. The summed E-state index contributed by atoms with van der Waals surface area (Å²) in [7, 11) is 1.45. The second-order valence-corrected chi connectivity index (χ2v) is 3.83. The Balaban J connectivity index is 3.07. The van der Waals surface area contributed by atoms with Crippen molar-refractivity contribution in [2.75, 3.05) is 7.05 Å². The van der Waals surface area contributed by atoms with Crippen molar-refractivity contribution in [1.82, 2.24) is 5.32 Å². The van der Waals surface area contributed by atoms with E-state index in [1.807, 2.05) is 13.8 Å². The summed E-state index contributed by atoms with van der Waals surface area (Å²) in [5.74, 6) is -0.0481. The third-order valence-electron chi connectivity index (χ3n) is 2.00. The SMILES string of the molecule is CNC(=O)Oc1ccc(C(N)=O)cc1OC(C)C. The molecule has 1 rings (SSSR count). The van der Waals surface area contributed by atoms with Crippen LogP contribution in [0.25, 0.3) is 0 Å². The number of benzene rings is 1. The molecule has 6 heteroatoms. The van der Waals surface area contributed by atoms with Crippen molar-refractivity contribution in [3.63, 3.8) is 0 Å². The number of amides is 2. The van der Waals surface area contributed by atoms with Gasteiger partial charge in [-0.15, -0.1) is 0 Å². The topological polar surface area (TPSA) is 90.6 Å². The van der Waals surface area contributed by atoms with Crippen LogP contribution in [0.3, 0.4) is 0 Å². The molecule has 98 valence electrons. The summed E-state index contributed by atoms with van der Waals surface area (Å²) in [6, 6.07) is 4.38. The highest BCUT2D eigenvalue weighted by Gasteiger charge is 2.13. The summed E-state index contributed by atoms with van der Waals surface area (Å²) in [6.45, 7) is 3.64. The Kier molecular flexibility index (Phi) is 4.53. The molecule has 18 heavy (non-hydrogen) atoms. The molecule has 1 aromatic rings. The van der Waals surface area contributed by atoms with Crippen molar-refractivity contribution in [2.45, 2.75) is 20.0 Å². The van der Waals surface area contributed by atoms with Gasteiger partial charge < -0.3 is 20.5 Å². The quantitative estimate of drug-likeness (QED) is 0.844. The van der Waals surface area contributed by atoms with Crippen LogP contribution < -0.4 is 20.5 Å². The smallest absolute Gasteiger partial charge is 0.412 e. The number of primary amides is 1. The molecule has 0 aliphatic heterocycles. The first kappa shape index (κ1) is 13.8. The molecule has 0 unspecified atom stereocenters. The monoisotopic (exact) mass is 252 g/mol. The molecule has 3 N–H and O–H groups in total.